The summed E-state index contributed by atoms with van der Waals surface area (Å²) in [6, 6.07) is 2.47. The molecule has 8 heteroatoms. The first-order valence-corrected chi connectivity index (χ1v) is 12.4. The van der Waals surface area contributed by atoms with Crippen LogP contribution in [0.4, 0.5) is 0 Å². The fourth-order valence-corrected chi connectivity index (χ4v) is 5.53. The Bertz CT molecular complexity index is 738. The van der Waals surface area contributed by atoms with Gasteiger partial charge in [0.15, 0.2) is 0 Å². The van der Waals surface area contributed by atoms with Crippen LogP contribution in [0.3, 0.4) is 0 Å². The fraction of sp³-hybridized carbons (Fsp3) is 0.696. The van der Waals surface area contributed by atoms with Crippen molar-refractivity contribution in [3.63, 3.8) is 0 Å². The minimum absolute atomic E-state index is 0.126. The van der Waals surface area contributed by atoms with Gasteiger partial charge in [0.2, 0.25) is 17.7 Å². The zero-order valence-corrected chi connectivity index (χ0v) is 19.6. The Morgan fingerprint density at radius 2 is 1.84 bits per heavy atom. The van der Waals surface area contributed by atoms with Gasteiger partial charge in [0, 0.05) is 64.6 Å². The number of amides is 3. The third kappa shape index (κ3) is 6.77. The third-order valence-electron chi connectivity index (χ3n) is 6.84. The zero-order chi connectivity index (χ0) is 22.4. The van der Waals surface area contributed by atoms with Crippen LogP contribution in [0.1, 0.15) is 57.9 Å². The fourth-order valence-electron chi connectivity index (χ4n) is 4.87. The Morgan fingerprint density at radius 3 is 2.39 bits per heavy atom. The van der Waals surface area contributed by atoms with Crippen molar-refractivity contribution in [3.05, 3.63) is 22.4 Å². The van der Waals surface area contributed by atoms with E-state index in [9.17, 15) is 14.4 Å². The highest BCUT2D eigenvalue weighted by Gasteiger charge is 2.32. The second-order valence-corrected chi connectivity index (χ2v) is 9.87. The number of rotatable bonds is 8. The summed E-state index contributed by atoms with van der Waals surface area (Å²) in [4.78, 5) is 42.5. The number of carbonyl (C=O) groups is 3. The van der Waals surface area contributed by atoms with Gasteiger partial charge in [-0.25, -0.2) is 0 Å². The molecule has 172 valence electrons. The maximum Gasteiger partial charge on any atom is 0.223 e. The quantitative estimate of drug-likeness (QED) is 0.662. The number of carbonyl (C=O) groups excluding carboxylic acids is 3. The van der Waals surface area contributed by atoms with Gasteiger partial charge in [0.1, 0.15) is 0 Å². The summed E-state index contributed by atoms with van der Waals surface area (Å²) in [7, 11) is 0. The standard InChI is InChI=1S/C23H36N4O3S/c1-17(13-22(24)29)25-10-5-21(6-11-25)27(15-20-7-12-31-16-20)23(30)14-19-3-8-26(9-4-19)18(2)28/h7,12,16-17,19,21H,3-6,8-11,13-15H2,1-2H3,(H2,24,29). The van der Waals surface area contributed by atoms with E-state index >= 15 is 0 Å². The number of likely N-dealkylation sites (tertiary alicyclic amines) is 2. The lowest BCUT2D eigenvalue weighted by molar-refractivity contribution is -0.137. The molecule has 0 aromatic carbocycles. The minimum Gasteiger partial charge on any atom is -0.370 e. The van der Waals surface area contributed by atoms with Crippen molar-refractivity contribution in [2.24, 2.45) is 11.7 Å². The molecule has 0 spiro atoms. The normalized spacial score (nSPS) is 19.9. The second kappa shape index (κ2) is 11.1. The topological polar surface area (TPSA) is 87.0 Å². The van der Waals surface area contributed by atoms with Crippen molar-refractivity contribution >= 4 is 29.1 Å². The van der Waals surface area contributed by atoms with Gasteiger partial charge in [0.25, 0.3) is 0 Å². The molecular formula is C23H36N4O3S. The molecule has 3 heterocycles. The van der Waals surface area contributed by atoms with Crippen molar-refractivity contribution in [2.45, 2.75) is 71.0 Å². The Kier molecular flexibility index (Phi) is 8.49. The molecule has 0 radical (unpaired) electrons. The molecule has 1 aromatic heterocycles. The van der Waals surface area contributed by atoms with Gasteiger partial charge in [-0.1, -0.05) is 0 Å². The smallest absolute Gasteiger partial charge is 0.223 e. The number of piperidine rings is 2. The van der Waals surface area contributed by atoms with Crippen LogP contribution in [0.5, 0.6) is 0 Å². The van der Waals surface area contributed by atoms with Crippen molar-refractivity contribution in [3.8, 4) is 0 Å². The van der Waals surface area contributed by atoms with E-state index in [4.69, 9.17) is 5.73 Å². The zero-order valence-electron chi connectivity index (χ0n) is 18.8. The van der Waals surface area contributed by atoms with E-state index in [2.05, 4.69) is 26.6 Å². The maximum atomic E-state index is 13.4. The van der Waals surface area contributed by atoms with Crippen LogP contribution in [0.2, 0.25) is 0 Å². The molecular weight excluding hydrogens is 412 g/mol. The largest absolute Gasteiger partial charge is 0.370 e. The third-order valence-corrected chi connectivity index (χ3v) is 7.57. The summed E-state index contributed by atoms with van der Waals surface area (Å²) in [5.41, 5.74) is 6.55. The molecule has 1 aromatic rings. The first kappa shape index (κ1) is 23.7. The second-order valence-electron chi connectivity index (χ2n) is 9.09. The summed E-state index contributed by atoms with van der Waals surface area (Å²) >= 11 is 1.66. The van der Waals surface area contributed by atoms with Gasteiger partial charge in [-0.2, -0.15) is 11.3 Å². The molecule has 1 unspecified atom stereocenters. The molecule has 31 heavy (non-hydrogen) atoms. The molecule has 2 aliphatic rings. The predicted molar refractivity (Wildman–Crippen MR) is 122 cm³/mol. The Balaban J connectivity index is 1.59. The molecule has 0 aliphatic carbocycles. The van der Waals surface area contributed by atoms with E-state index in [-0.39, 0.29) is 29.8 Å². The number of nitrogens with zero attached hydrogens (tertiary/aromatic N) is 3. The molecule has 3 rings (SSSR count). The van der Waals surface area contributed by atoms with E-state index in [1.54, 1.807) is 18.3 Å². The van der Waals surface area contributed by atoms with Crippen molar-refractivity contribution in [2.75, 3.05) is 26.2 Å². The van der Waals surface area contributed by atoms with E-state index in [1.165, 1.54) is 5.56 Å². The first-order valence-electron chi connectivity index (χ1n) is 11.4. The summed E-state index contributed by atoms with van der Waals surface area (Å²) < 4.78 is 0. The molecule has 1 atom stereocenters. The maximum absolute atomic E-state index is 13.4. The Labute approximate surface area is 189 Å². The summed E-state index contributed by atoms with van der Waals surface area (Å²) in [6.07, 6.45) is 4.58. The van der Waals surface area contributed by atoms with Gasteiger partial charge in [-0.05, 0) is 60.9 Å². The molecule has 3 amide bonds. The van der Waals surface area contributed by atoms with E-state index in [0.29, 0.717) is 25.3 Å². The SMILES string of the molecule is CC(=O)N1CCC(CC(=O)N(Cc2ccsc2)C2CCN(C(C)CC(N)=O)CC2)CC1. The van der Waals surface area contributed by atoms with Gasteiger partial charge < -0.3 is 15.5 Å². The number of primary amides is 1. The number of nitrogens with two attached hydrogens (primary N) is 1. The highest BCUT2D eigenvalue weighted by atomic mass is 32.1. The van der Waals surface area contributed by atoms with Crippen LogP contribution in [0.25, 0.3) is 0 Å². The molecule has 2 fully saturated rings. The van der Waals surface area contributed by atoms with Crippen LogP contribution in [0.15, 0.2) is 16.8 Å². The van der Waals surface area contributed by atoms with E-state index in [1.807, 2.05) is 11.8 Å². The number of hydrogen-bond acceptors (Lipinski definition) is 5. The molecule has 7 nitrogen and oxygen atoms in total. The lowest BCUT2D eigenvalue weighted by Gasteiger charge is -2.41. The van der Waals surface area contributed by atoms with Crippen molar-refractivity contribution < 1.29 is 14.4 Å². The van der Waals surface area contributed by atoms with Gasteiger partial charge >= 0.3 is 0 Å². The first-order chi connectivity index (χ1) is 14.8. The van der Waals surface area contributed by atoms with Crippen LogP contribution in [-0.2, 0) is 20.9 Å². The van der Waals surface area contributed by atoms with Crippen LogP contribution >= 0.6 is 11.3 Å². The molecule has 0 bridgehead atoms. The predicted octanol–water partition coefficient (Wildman–Crippen LogP) is 2.45. The lowest BCUT2D eigenvalue weighted by atomic mass is 9.92. The number of thiophene rings is 1. The minimum atomic E-state index is -0.264. The van der Waals surface area contributed by atoms with E-state index < -0.39 is 0 Å². The molecule has 2 aliphatic heterocycles. The average Bonchev–Trinajstić information content (AvgIpc) is 3.25. The Hall–Kier alpha value is -1.93. The molecule has 0 saturated carbocycles. The van der Waals surface area contributed by atoms with Crippen LogP contribution in [0, 0.1) is 5.92 Å². The summed E-state index contributed by atoms with van der Waals surface area (Å²) in [5.74, 6) is 0.445. The highest BCUT2D eigenvalue weighted by molar-refractivity contribution is 7.07. The summed E-state index contributed by atoms with van der Waals surface area (Å²) in [6.45, 7) is 7.60. The van der Waals surface area contributed by atoms with E-state index in [0.717, 1.165) is 51.9 Å². The summed E-state index contributed by atoms with van der Waals surface area (Å²) in [5, 5.41) is 4.18. The lowest BCUT2D eigenvalue weighted by Crippen LogP contribution is -2.50. The van der Waals surface area contributed by atoms with Gasteiger partial charge in [-0.15, -0.1) is 0 Å². The van der Waals surface area contributed by atoms with Gasteiger partial charge in [-0.3, -0.25) is 19.3 Å². The van der Waals surface area contributed by atoms with Crippen molar-refractivity contribution in [1.82, 2.24) is 14.7 Å². The highest BCUT2D eigenvalue weighted by Crippen LogP contribution is 2.26. The molecule has 2 N–H and O–H groups in total. The Morgan fingerprint density at radius 1 is 1.16 bits per heavy atom. The average molecular weight is 449 g/mol. The van der Waals surface area contributed by atoms with Crippen LogP contribution < -0.4 is 5.73 Å². The number of hydrogen-bond donors (Lipinski definition) is 1. The van der Waals surface area contributed by atoms with Crippen LogP contribution in [-0.4, -0.2) is 70.7 Å². The van der Waals surface area contributed by atoms with Gasteiger partial charge in [0.05, 0.1) is 0 Å². The molecule has 2 saturated heterocycles. The van der Waals surface area contributed by atoms with Crippen molar-refractivity contribution in [1.29, 1.82) is 0 Å². The monoisotopic (exact) mass is 448 g/mol.